The predicted octanol–water partition coefficient (Wildman–Crippen LogP) is 5.91. The van der Waals surface area contributed by atoms with E-state index in [-0.39, 0.29) is 5.75 Å². The standard InChI is InChI=1S/C35H42N2O7S/c1-33(2,3)43-29(38)22-27(37-32(42)44-34(4,5)6)30(39)36-28(31(40)41)23-45-35(24-16-10-7-11-17-24,25-18-12-8-13-19-25)26-20-14-9-15-21-26/h7-21,27-28H,22-23H2,1-6H3,(H,36,39)(H,37,42)(H,40,41)/t27-,28-/m0/s1. The molecule has 9 nitrogen and oxygen atoms in total. The smallest absolute Gasteiger partial charge is 0.408 e. The zero-order chi connectivity index (χ0) is 33.3. The van der Waals surface area contributed by atoms with Crippen LogP contribution < -0.4 is 10.6 Å². The summed E-state index contributed by atoms with van der Waals surface area (Å²) in [6.45, 7) is 10.0. The molecule has 0 saturated heterocycles. The van der Waals surface area contributed by atoms with Crippen molar-refractivity contribution >= 4 is 35.7 Å². The molecule has 0 aliphatic heterocycles. The summed E-state index contributed by atoms with van der Waals surface area (Å²) < 4.78 is 9.82. The molecule has 0 heterocycles. The normalized spacial score (nSPS) is 13.2. The minimum atomic E-state index is -1.44. The van der Waals surface area contributed by atoms with Gasteiger partial charge in [-0.1, -0.05) is 91.0 Å². The third-order valence-corrected chi connectivity index (χ3v) is 8.06. The molecule has 240 valence electrons. The first-order valence-corrected chi connectivity index (χ1v) is 15.6. The fourth-order valence-corrected chi connectivity index (χ4v) is 6.18. The van der Waals surface area contributed by atoms with E-state index in [1.54, 1.807) is 41.5 Å². The van der Waals surface area contributed by atoms with Crippen LogP contribution in [0.1, 0.15) is 64.7 Å². The molecule has 3 aromatic rings. The van der Waals surface area contributed by atoms with Crippen LogP contribution in [0.4, 0.5) is 4.79 Å². The molecule has 3 aromatic carbocycles. The van der Waals surface area contributed by atoms with Crippen LogP contribution in [0.5, 0.6) is 0 Å². The van der Waals surface area contributed by atoms with Crippen LogP contribution in [0.15, 0.2) is 91.0 Å². The molecule has 0 saturated carbocycles. The summed E-state index contributed by atoms with van der Waals surface area (Å²) in [6, 6.07) is 26.4. The van der Waals surface area contributed by atoms with Crippen LogP contribution in [0.2, 0.25) is 0 Å². The number of aliphatic carboxylic acids is 1. The van der Waals surface area contributed by atoms with Crippen molar-refractivity contribution in [1.29, 1.82) is 0 Å². The number of esters is 1. The summed E-state index contributed by atoms with van der Waals surface area (Å²) in [5, 5.41) is 15.2. The van der Waals surface area contributed by atoms with Gasteiger partial charge < -0.3 is 25.2 Å². The topological polar surface area (TPSA) is 131 Å². The summed E-state index contributed by atoms with van der Waals surface area (Å²) in [6.07, 6.45) is -1.45. The molecule has 2 amide bonds. The molecular weight excluding hydrogens is 592 g/mol. The van der Waals surface area contributed by atoms with Crippen molar-refractivity contribution in [3.05, 3.63) is 108 Å². The van der Waals surface area contributed by atoms with E-state index in [1.165, 1.54) is 11.8 Å². The van der Waals surface area contributed by atoms with Crippen LogP contribution in [-0.4, -0.2) is 58.1 Å². The van der Waals surface area contributed by atoms with E-state index in [4.69, 9.17) is 9.47 Å². The van der Waals surface area contributed by atoms with Crippen molar-refractivity contribution in [2.24, 2.45) is 0 Å². The van der Waals surface area contributed by atoms with Gasteiger partial charge in [-0.25, -0.2) is 9.59 Å². The van der Waals surface area contributed by atoms with E-state index in [0.29, 0.717) is 0 Å². The van der Waals surface area contributed by atoms with Gasteiger partial charge in [0.2, 0.25) is 5.91 Å². The maximum atomic E-state index is 13.5. The van der Waals surface area contributed by atoms with Gasteiger partial charge in [0.05, 0.1) is 11.2 Å². The molecule has 0 fully saturated rings. The van der Waals surface area contributed by atoms with E-state index < -0.39 is 58.4 Å². The van der Waals surface area contributed by atoms with E-state index in [1.807, 2.05) is 91.0 Å². The molecule has 0 aliphatic carbocycles. The molecule has 3 rings (SSSR count). The number of nitrogens with one attached hydrogen (secondary N) is 2. The van der Waals surface area contributed by atoms with Crippen molar-refractivity contribution in [1.82, 2.24) is 10.6 Å². The Hall–Kier alpha value is -4.31. The van der Waals surface area contributed by atoms with Crippen LogP contribution in [0, 0.1) is 0 Å². The Labute approximate surface area is 269 Å². The number of rotatable bonds is 12. The highest BCUT2D eigenvalue weighted by Gasteiger charge is 2.39. The number of ether oxygens (including phenoxy) is 2. The molecule has 0 radical (unpaired) electrons. The second-order valence-corrected chi connectivity index (χ2v) is 13.7. The first-order valence-electron chi connectivity index (χ1n) is 14.7. The molecular formula is C35H42N2O7S. The Morgan fingerprint density at radius 1 is 0.667 bits per heavy atom. The van der Waals surface area contributed by atoms with E-state index in [9.17, 15) is 24.3 Å². The van der Waals surface area contributed by atoms with E-state index >= 15 is 0 Å². The summed E-state index contributed by atoms with van der Waals surface area (Å²) in [5.74, 6) is -2.92. The van der Waals surface area contributed by atoms with Gasteiger partial charge in [-0.15, -0.1) is 11.8 Å². The van der Waals surface area contributed by atoms with Crippen molar-refractivity contribution in [3.63, 3.8) is 0 Å². The number of carbonyl (C=O) groups excluding carboxylic acids is 3. The summed E-state index contributed by atoms with van der Waals surface area (Å²) in [4.78, 5) is 51.4. The Morgan fingerprint density at radius 3 is 1.47 bits per heavy atom. The van der Waals surface area contributed by atoms with Gasteiger partial charge in [0, 0.05) is 5.75 Å². The molecule has 0 aliphatic rings. The first kappa shape index (κ1) is 35.2. The average molecular weight is 635 g/mol. The molecule has 2 atom stereocenters. The number of hydrogen-bond donors (Lipinski definition) is 3. The average Bonchev–Trinajstić information content (AvgIpc) is 2.96. The highest BCUT2D eigenvalue weighted by Crippen LogP contribution is 2.48. The van der Waals surface area contributed by atoms with Crippen LogP contribution in [-0.2, 0) is 28.6 Å². The maximum Gasteiger partial charge on any atom is 0.408 e. The Balaban J connectivity index is 1.95. The van der Waals surface area contributed by atoms with Crippen molar-refractivity contribution in [3.8, 4) is 0 Å². The van der Waals surface area contributed by atoms with Crippen LogP contribution >= 0.6 is 11.8 Å². The molecule has 0 bridgehead atoms. The quantitative estimate of drug-likeness (QED) is 0.166. The molecule has 3 N–H and O–H groups in total. The second kappa shape index (κ2) is 15.1. The first-order chi connectivity index (χ1) is 21.1. The van der Waals surface area contributed by atoms with Gasteiger partial charge in [-0.2, -0.15) is 0 Å². The molecule has 0 spiro atoms. The number of carboxylic acid groups (broad SMARTS) is 1. The Bertz CT molecular complexity index is 1310. The van der Waals surface area contributed by atoms with E-state index in [2.05, 4.69) is 10.6 Å². The third-order valence-electron chi connectivity index (χ3n) is 6.42. The lowest BCUT2D eigenvalue weighted by atomic mass is 9.84. The second-order valence-electron chi connectivity index (χ2n) is 12.5. The van der Waals surface area contributed by atoms with Crippen LogP contribution in [0.3, 0.4) is 0 Å². The van der Waals surface area contributed by atoms with Crippen molar-refractivity contribution in [2.75, 3.05) is 5.75 Å². The third kappa shape index (κ3) is 10.4. The Morgan fingerprint density at radius 2 is 1.09 bits per heavy atom. The Kier molecular flexibility index (Phi) is 11.8. The lowest BCUT2D eigenvalue weighted by molar-refractivity contribution is -0.156. The van der Waals surface area contributed by atoms with E-state index in [0.717, 1.165) is 16.7 Å². The number of carboxylic acids is 1. The molecule has 0 aromatic heterocycles. The van der Waals surface area contributed by atoms with Gasteiger partial charge in [0.1, 0.15) is 23.3 Å². The highest BCUT2D eigenvalue weighted by molar-refractivity contribution is 8.00. The van der Waals surface area contributed by atoms with Gasteiger partial charge in [-0.3, -0.25) is 9.59 Å². The van der Waals surface area contributed by atoms with Gasteiger partial charge in [-0.05, 0) is 58.2 Å². The SMILES string of the molecule is CC(C)(C)OC(=O)C[C@H](NC(=O)OC(C)(C)C)C(=O)N[C@@H](CSC(c1ccccc1)(c1ccccc1)c1ccccc1)C(=O)O. The number of thioether (sulfide) groups is 1. The van der Waals surface area contributed by atoms with Gasteiger partial charge >= 0.3 is 18.0 Å². The fraction of sp³-hybridized carbons (Fsp3) is 0.371. The van der Waals surface area contributed by atoms with Gasteiger partial charge in [0.25, 0.3) is 0 Å². The number of amides is 2. The number of alkyl carbamates (subject to hydrolysis) is 1. The number of carbonyl (C=O) groups is 4. The van der Waals surface area contributed by atoms with Crippen molar-refractivity contribution in [2.45, 2.75) is 76.0 Å². The lowest BCUT2D eigenvalue weighted by Gasteiger charge is -2.36. The lowest BCUT2D eigenvalue weighted by Crippen LogP contribution is -2.54. The monoisotopic (exact) mass is 634 g/mol. The number of hydrogen-bond acceptors (Lipinski definition) is 7. The molecule has 45 heavy (non-hydrogen) atoms. The number of benzene rings is 3. The summed E-state index contributed by atoms with van der Waals surface area (Å²) in [7, 11) is 0. The van der Waals surface area contributed by atoms with Crippen molar-refractivity contribution < 1.29 is 33.8 Å². The maximum absolute atomic E-state index is 13.5. The predicted molar refractivity (Wildman–Crippen MR) is 175 cm³/mol. The largest absolute Gasteiger partial charge is 0.480 e. The fourth-order valence-electron chi connectivity index (χ4n) is 4.63. The molecule has 10 heteroatoms. The summed E-state index contributed by atoms with van der Waals surface area (Å²) in [5.41, 5.74) is 1.08. The van der Waals surface area contributed by atoms with Gasteiger partial charge in [0.15, 0.2) is 0 Å². The van der Waals surface area contributed by atoms with Crippen LogP contribution in [0.25, 0.3) is 0 Å². The highest BCUT2D eigenvalue weighted by atomic mass is 32.2. The summed E-state index contributed by atoms with van der Waals surface area (Å²) >= 11 is 1.36. The zero-order valence-electron chi connectivity index (χ0n) is 26.5. The minimum absolute atomic E-state index is 0.0502. The minimum Gasteiger partial charge on any atom is -0.480 e. The molecule has 0 unspecified atom stereocenters. The zero-order valence-corrected chi connectivity index (χ0v) is 27.4.